The number of rotatable bonds is 5. The van der Waals surface area contributed by atoms with Crippen molar-refractivity contribution in [2.24, 2.45) is 5.73 Å². The smallest absolute Gasteiger partial charge is 0.314 e. The van der Waals surface area contributed by atoms with Crippen LogP contribution in [0.3, 0.4) is 0 Å². The van der Waals surface area contributed by atoms with Crippen LogP contribution in [-0.4, -0.2) is 39.9 Å². The number of primary amides is 1. The van der Waals surface area contributed by atoms with Crippen LogP contribution in [-0.2, 0) is 14.2 Å². The second kappa shape index (κ2) is 5.76. The van der Waals surface area contributed by atoms with Crippen molar-refractivity contribution in [1.29, 1.82) is 0 Å². The number of urea groups is 1. The lowest BCUT2D eigenvalue weighted by molar-refractivity contribution is -0.178. The zero-order chi connectivity index (χ0) is 9.56. The van der Waals surface area contributed by atoms with Crippen molar-refractivity contribution >= 4 is 6.03 Å². The van der Waals surface area contributed by atoms with Crippen molar-refractivity contribution in [2.45, 2.75) is 12.5 Å². The van der Waals surface area contributed by atoms with Crippen molar-refractivity contribution < 1.29 is 19.0 Å². The van der Waals surface area contributed by atoms with Crippen molar-refractivity contribution in [3.63, 3.8) is 0 Å². The third-order valence-corrected chi connectivity index (χ3v) is 1.25. The Morgan fingerprint density at radius 3 is 2.00 bits per heavy atom. The fourth-order valence-electron chi connectivity index (χ4n) is 0.722. The molecule has 1 unspecified atom stereocenters. The van der Waals surface area contributed by atoms with E-state index in [2.05, 4.69) is 5.32 Å². The van der Waals surface area contributed by atoms with E-state index in [4.69, 9.17) is 19.9 Å². The van der Waals surface area contributed by atoms with E-state index in [1.54, 1.807) is 0 Å². The van der Waals surface area contributed by atoms with Gasteiger partial charge in [-0.25, -0.2) is 4.79 Å². The molecule has 0 saturated heterocycles. The number of hydrogen-bond donors (Lipinski definition) is 2. The SMILES string of the molecule is COC(NC(N)=O)C(OC)OC. The minimum atomic E-state index is -0.697. The van der Waals surface area contributed by atoms with E-state index >= 15 is 0 Å². The maximum atomic E-state index is 10.4. The van der Waals surface area contributed by atoms with Gasteiger partial charge in [0.15, 0.2) is 6.23 Å². The largest absolute Gasteiger partial charge is 0.356 e. The fourth-order valence-corrected chi connectivity index (χ4v) is 0.722. The van der Waals surface area contributed by atoms with Crippen LogP contribution in [0.5, 0.6) is 0 Å². The molecule has 0 rings (SSSR count). The summed E-state index contributed by atoms with van der Waals surface area (Å²) in [6.07, 6.45) is -1.36. The van der Waals surface area contributed by atoms with Crippen LogP contribution in [0.2, 0.25) is 0 Å². The van der Waals surface area contributed by atoms with E-state index in [1.807, 2.05) is 0 Å². The van der Waals surface area contributed by atoms with Gasteiger partial charge in [-0.1, -0.05) is 0 Å². The van der Waals surface area contributed by atoms with Crippen LogP contribution in [0, 0.1) is 0 Å². The van der Waals surface area contributed by atoms with Crippen molar-refractivity contribution in [2.75, 3.05) is 21.3 Å². The highest BCUT2D eigenvalue weighted by atomic mass is 16.7. The van der Waals surface area contributed by atoms with E-state index < -0.39 is 18.5 Å². The van der Waals surface area contributed by atoms with Gasteiger partial charge in [-0.3, -0.25) is 0 Å². The number of amides is 2. The average molecular weight is 178 g/mol. The monoisotopic (exact) mass is 178 g/mol. The summed E-state index contributed by atoms with van der Waals surface area (Å²) in [5.74, 6) is 0. The average Bonchev–Trinajstić information content (AvgIpc) is 2.04. The Labute approximate surface area is 71.0 Å². The van der Waals surface area contributed by atoms with Gasteiger partial charge >= 0.3 is 6.03 Å². The lowest BCUT2D eigenvalue weighted by atomic mass is 10.5. The first kappa shape index (κ1) is 11.2. The van der Waals surface area contributed by atoms with Gasteiger partial charge in [0, 0.05) is 21.3 Å². The van der Waals surface area contributed by atoms with Crippen LogP contribution in [0.1, 0.15) is 0 Å². The highest BCUT2D eigenvalue weighted by molar-refractivity contribution is 5.71. The summed E-state index contributed by atoms with van der Waals surface area (Å²) in [6.45, 7) is 0. The number of carbonyl (C=O) groups excluding carboxylic acids is 1. The van der Waals surface area contributed by atoms with Gasteiger partial charge in [-0.2, -0.15) is 0 Å². The summed E-state index contributed by atoms with van der Waals surface area (Å²) >= 11 is 0. The first-order valence-corrected chi connectivity index (χ1v) is 3.30. The molecule has 12 heavy (non-hydrogen) atoms. The number of ether oxygens (including phenoxy) is 3. The molecule has 0 saturated carbocycles. The molecule has 1 atom stereocenters. The van der Waals surface area contributed by atoms with Crippen molar-refractivity contribution in [3.05, 3.63) is 0 Å². The van der Waals surface area contributed by atoms with Crippen molar-refractivity contribution in [3.8, 4) is 0 Å². The number of nitrogens with one attached hydrogen (secondary N) is 1. The number of nitrogens with two attached hydrogens (primary N) is 1. The first-order chi connectivity index (χ1) is 5.65. The van der Waals surface area contributed by atoms with Gasteiger partial charge in [0.05, 0.1) is 0 Å². The highest BCUT2D eigenvalue weighted by Crippen LogP contribution is 1.99. The number of hydrogen-bond acceptors (Lipinski definition) is 4. The highest BCUT2D eigenvalue weighted by Gasteiger charge is 2.20. The third-order valence-electron chi connectivity index (χ3n) is 1.25. The molecule has 0 heterocycles. The number of methoxy groups -OCH3 is 3. The molecule has 6 heteroatoms. The second-order valence-electron chi connectivity index (χ2n) is 2.00. The maximum absolute atomic E-state index is 10.4. The summed E-state index contributed by atoms with van der Waals surface area (Å²) in [4.78, 5) is 10.4. The Morgan fingerprint density at radius 2 is 1.75 bits per heavy atom. The quantitative estimate of drug-likeness (QED) is 0.542. The second-order valence-corrected chi connectivity index (χ2v) is 2.00. The Hall–Kier alpha value is -0.850. The summed E-state index contributed by atoms with van der Waals surface area (Å²) < 4.78 is 14.5. The van der Waals surface area contributed by atoms with E-state index in [-0.39, 0.29) is 0 Å². The maximum Gasteiger partial charge on any atom is 0.314 e. The molecule has 0 spiro atoms. The first-order valence-electron chi connectivity index (χ1n) is 3.30. The molecule has 0 aliphatic rings. The molecule has 6 nitrogen and oxygen atoms in total. The van der Waals surface area contributed by atoms with E-state index in [1.165, 1.54) is 21.3 Å². The standard InChI is InChI=1S/C6H14N2O4/c1-10-4(8-6(7)9)5(11-2)12-3/h4-5H,1-3H3,(H3,7,8,9). The zero-order valence-electron chi connectivity index (χ0n) is 7.37. The minimum Gasteiger partial charge on any atom is -0.356 e. The lowest BCUT2D eigenvalue weighted by Gasteiger charge is -2.23. The molecule has 0 aromatic carbocycles. The van der Waals surface area contributed by atoms with Gasteiger partial charge in [0.25, 0.3) is 0 Å². The summed E-state index contributed by atoms with van der Waals surface area (Å²) in [7, 11) is 4.28. The molecule has 0 aliphatic heterocycles. The van der Waals surface area contributed by atoms with Gasteiger partial charge in [0.2, 0.25) is 6.29 Å². The molecule has 2 amide bonds. The summed E-state index contributed by atoms with van der Waals surface area (Å²) in [5, 5.41) is 2.30. The summed E-state index contributed by atoms with van der Waals surface area (Å²) in [6, 6.07) is -0.694. The Kier molecular flexibility index (Phi) is 5.35. The zero-order valence-corrected chi connectivity index (χ0v) is 7.37. The topological polar surface area (TPSA) is 82.8 Å². The molecule has 0 aromatic rings. The van der Waals surface area contributed by atoms with Gasteiger partial charge in [-0.05, 0) is 0 Å². The van der Waals surface area contributed by atoms with E-state index in [0.717, 1.165) is 0 Å². The van der Waals surface area contributed by atoms with Crippen LogP contribution in [0.15, 0.2) is 0 Å². The normalized spacial score (nSPS) is 13.0. The molecular formula is C6H14N2O4. The third kappa shape index (κ3) is 3.51. The Morgan fingerprint density at radius 1 is 1.25 bits per heavy atom. The molecule has 72 valence electrons. The Bertz CT molecular complexity index is 138. The molecule has 0 aromatic heterocycles. The predicted molar refractivity (Wildman–Crippen MR) is 41.3 cm³/mol. The van der Waals surface area contributed by atoms with Crippen LogP contribution in [0.4, 0.5) is 4.79 Å². The predicted octanol–water partition coefficient (Wildman–Crippen LogP) is -0.754. The van der Waals surface area contributed by atoms with E-state index in [0.29, 0.717) is 0 Å². The molecule has 0 radical (unpaired) electrons. The van der Waals surface area contributed by atoms with Crippen LogP contribution < -0.4 is 11.1 Å². The minimum absolute atomic E-state index is 0.664. The van der Waals surface area contributed by atoms with Crippen molar-refractivity contribution in [1.82, 2.24) is 5.32 Å². The fraction of sp³-hybridized carbons (Fsp3) is 0.833. The molecule has 0 aliphatic carbocycles. The van der Waals surface area contributed by atoms with Crippen LogP contribution in [0.25, 0.3) is 0 Å². The van der Waals surface area contributed by atoms with Crippen LogP contribution >= 0.6 is 0 Å². The van der Waals surface area contributed by atoms with Gasteiger partial charge in [0.1, 0.15) is 0 Å². The lowest BCUT2D eigenvalue weighted by Crippen LogP contribution is -2.48. The molecule has 3 N–H and O–H groups in total. The molecule has 0 bridgehead atoms. The molecule has 0 fully saturated rings. The van der Waals surface area contributed by atoms with Gasteiger partial charge in [-0.15, -0.1) is 0 Å². The van der Waals surface area contributed by atoms with Gasteiger partial charge < -0.3 is 25.3 Å². The number of carbonyl (C=O) groups is 1. The Balaban J connectivity index is 4.01. The van der Waals surface area contributed by atoms with E-state index in [9.17, 15) is 4.79 Å². The molecular weight excluding hydrogens is 164 g/mol. The summed E-state index contributed by atoms with van der Waals surface area (Å²) in [5.41, 5.74) is 4.87.